The zero-order valence-corrected chi connectivity index (χ0v) is 13.9. The molecule has 1 fully saturated rings. The van der Waals surface area contributed by atoms with Crippen molar-refractivity contribution in [2.45, 2.75) is 30.1 Å². The number of carbonyl (C=O) groups excluding carboxylic acids is 1. The van der Waals surface area contributed by atoms with Crippen LogP contribution in [-0.2, 0) is 20.5 Å². The van der Waals surface area contributed by atoms with Crippen molar-refractivity contribution >= 4 is 23.6 Å². The fourth-order valence-corrected chi connectivity index (χ4v) is 3.05. The molecule has 1 aromatic heterocycles. The molecule has 1 aliphatic rings. The van der Waals surface area contributed by atoms with Crippen molar-refractivity contribution in [1.82, 2.24) is 10.3 Å². The summed E-state index contributed by atoms with van der Waals surface area (Å²) in [5, 5.41) is 12.0. The van der Waals surface area contributed by atoms with Gasteiger partial charge in [-0.1, -0.05) is 11.8 Å². The molecular formula is C15H17F3N2O4S. The number of hydrogen-bond acceptors (Lipinski definition) is 5. The largest absolute Gasteiger partial charge is 0.480 e. The zero-order chi connectivity index (χ0) is 18.4. The van der Waals surface area contributed by atoms with E-state index in [9.17, 15) is 27.9 Å². The van der Waals surface area contributed by atoms with E-state index in [0.29, 0.717) is 19.2 Å². The summed E-state index contributed by atoms with van der Waals surface area (Å²) in [7, 11) is 0. The van der Waals surface area contributed by atoms with Crippen LogP contribution >= 0.6 is 11.8 Å². The van der Waals surface area contributed by atoms with Crippen molar-refractivity contribution in [3.05, 3.63) is 23.9 Å². The number of aromatic nitrogens is 1. The molecule has 2 unspecified atom stereocenters. The minimum Gasteiger partial charge on any atom is -0.480 e. The number of nitrogens with zero attached hydrogens (tertiary/aromatic N) is 1. The van der Waals surface area contributed by atoms with Crippen molar-refractivity contribution in [3.8, 4) is 0 Å². The first-order valence-corrected chi connectivity index (χ1v) is 8.52. The molecule has 1 saturated heterocycles. The van der Waals surface area contributed by atoms with Crippen LogP contribution in [0.5, 0.6) is 0 Å². The number of amides is 1. The lowest BCUT2D eigenvalue weighted by molar-refractivity contribution is -0.144. The highest BCUT2D eigenvalue weighted by Gasteiger charge is 2.32. The maximum absolute atomic E-state index is 12.5. The Balaban J connectivity index is 1.87. The number of nitrogens with one attached hydrogen (secondary N) is 1. The minimum atomic E-state index is -4.47. The quantitative estimate of drug-likeness (QED) is 0.738. The van der Waals surface area contributed by atoms with Crippen LogP contribution < -0.4 is 5.32 Å². The Morgan fingerprint density at radius 1 is 1.44 bits per heavy atom. The number of carboxylic acids is 1. The van der Waals surface area contributed by atoms with Crippen LogP contribution in [-0.4, -0.2) is 47.0 Å². The molecule has 6 nitrogen and oxygen atoms in total. The predicted molar refractivity (Wildman–Crippen MR) is 83.1 cm³/mol. The van der Waals surface area contributed by atoms with Gasteiger partial charge in [0.15, 0.2) is 0 Å². The maximum atomic E-state index is 12.5. The first-order chi connectivity index (χ1) is 11.8. The fraction of sp³-hybridized carbons (Fsp3) is 0.533. The third-order valence-electron chi connectivity index (χ3n) is 3.66. The number of aliphatic carboxylic acids is 1. The third kappa shape index (κ3) is 5.89. The molecule has 2 N–H and O–H groups in total. The first kappa shape index (κ1) is 19.5. The molecule has 0 saturated carbocycles. The lowest BCUT2D eigenvalue weighted by Crippen LogP contribution is -2.48. The average Bonchev–Trinajstić information content (AvgIpc) is 2.58. The van der Waals surface area contributed by atoms with Gasteiger partial charge < -0.3 is 15.2 Å². The van der Waals surface area contributed by atoms with E-state index in [1.807, 2.05) is 0 Å². The van der Waals surface area contributed by atoms with E-state index >= 15 is 0 Å². The van der Waals surface area contributed by atoms with Gasteiger partial charge in [-0.05, 0) is 25.0 Å². The van der Waals surface area contributed by atoms with E-state index in [1.54, 1.807) is 0 Å². The van der Waals surface area contributed by atoms with E-state index in [1.165, 1.54) is 6.07 Å². The Labute approximate surface area is 146 Å². The molecule has 0 bridgehead atoms. The number of pyridine rings is 1. The zero-order valence-electron chi connectivity index (χ0n) is 13.1. The summed E-state index contributed by atoms with van der Waals surface area (Å²) in [6.07, 6.45) is -2.40. The number of rotatable bonds is 6. The Morgan fingerprint density at radius 2 is 2.20 bits per heavy atom. The number of carbonyl (C=O) groups is 2. The van der Waals surface area contributed by atoms with Gasteiger partial charge >= 0.3 is 12.1 Å². The lowest BCUT2D eigenvalue weighted by Gasteiger charge is -2.28. The molecule has 0 spiro atoms. The molecule has 1 amide bonds. The van der Waals surface area contributed by atoms with E-state index < -0.39 is 29.7 Å². The van der Waals surface area contributed by atoms with Crippen LogP contribution in [0.4, 0.5) is 13.2 Å². The highest BCUT2D eigenvalue weighted by atomic mass is 32.2. The van der Waals surface area contributed by atoms with Crippen LogP contribution in [0.2, 0.25) is 0 Å². The average molecular weight is 378 g/mol. The van der Waals surface area contributed by atoms with Crippen LogP contribution in [0, 0.1) is 5.92 Å². The normalized spacial score (nSPS) is 19.2. The van der Waals surface area contributed by atoms with Gasteiger partial charge in [0.05, 0.1) is 22.9 Å². The van der Waals surface area contributed by atoms with Crippen LogP contribution in [0.3, 0.4) is 0 Å². The molecule has 138 valence electrons. The summed E-state index contributed by atoms with van der Waals surface area (Å²) in [5.41, 5.74) is -0.871. The van der Waals surface area contributed by atoms with Crippen molar-refractivity contribution in [1.29, 1.82) is 0 Å². The summed E-state index contributed by atoms with van der Waals surface area (Å²) >= 11 is 0.934. The number of halogens is 3. The fourth-order valence-electron chi connectivity index (χ4n) is 2.40. The van der Waals surface area contributed by atoms with E-state index in [2.05, 4.69) is 10.3 Å². The number of carboxylic acid groups (broad SMARTS) is 1. The number of ether oxygens (including phenoxy) is 1. The smallest absolute Gasteiger partial charge is 0.417 e. The van der Waals surface area contributed by atoms with Gasteiger partial charge in [-0.15, -0.1) is 0 Å². The van der Waals surface area contributed by atoms with Gasteiger partial charge in [0.1, 0.15) is 6.04 Å². The molecule has 2 atom stereocenters. The monoisotopic (exact) mass is 378 g/mol. The van der Waals surface area contributed by atoms with Crippen molar-refractivity contribution < 1.29 is 32.6 Å². The first-order valence-electron chi connectivity index (χ1n) is 7.53. The topological polar surface area (TPSA) is 88.5 Å². The SMILES string of the molecule is O=C(CSc1ccc(C(F)(F)F)cn1)NC(C(=O)O)C1CCCOC1. The third-order valence-corrected chi connectivity index (χ3v) is 4.61. The number of thioether (sulfide) groups is 1. The molecule has 25 heavy (non-hydrogen) atoms. The van der Waals surface area contributed by atoms with Gasteiger partial charge in [-0.3, -0.25) is 4.79 Å². The molecule has 1 aromatic rings. The van der Waals surface area contributed by atoms with Crippen LogP contribution in [0.1, 0.15) is 18.4 Å². The molecule has 2 rings (SSSR count). The van der Waals surface area contributed by atoms with Crippen LogP contribution in [0.15, 0.2) is 23.4 Å². The highest BCUT2D eigenvalue weighted by Crippen LogP contribution is 2.29. The summed E-state index contributed by atoms with van der Waals surface area (Å²) in [4.78, 5) is 26.9. The molecular weight excluding hydrogens is 361 g/mol. The second kappa shape index (κ2) is 8.52. The number of hydrogen-bond donors (Lipinski definition) is 2. The second-order valence-electron chi connectivity index (χ2n) is 5.53. The van der Waals surface area contributed by atoms with Gasteiger partial charge in [0, 0.05) is 18.7 Å². The Morgan fingerprint density at radius 3 is 2.72 bits per heavy atom. The summed E-state index contributed by atoms with van der Waals surface area (Å²) < 4.78 is 42.6. The molecule has 0 aliphatic carbocycles. The van der Waals surface area contributed by atoms with Gasteiger partial charge in [-0.2, -0.15) is 13.2 Å². The maximum Gasteiger partial charge on any atom is 0.417 e. The summed E-state index contributed by atoms with van der Waals surface area (Å²) in [6.45, 7) is 0.844. The predicted octanol–water partition coefficient (Wildman–Crippen LogP) is 2.19. The Hall–Kier alpha value is -1.81. The summed E-state index contributed by atoms with van der Waals surface area (Å²) in [6, 6.07) is 1.01. The van der Waals surface area contributed by atoms with Crippen molar-refractivity contribution in [3.63, 3.8) is 0 Å². The molecule has 0 radical (unpaired) electrons. The van der Waals surface area contributed by atoms with E-state index in [4.69, 9.17) is 4.74 Å². The summed E-state index contributed by atoms with van der Waals surface area (Å²) in [5.74, 6) is -2.11. The standard InChI is InChI=1S/C15H17F3N2O4S/c16-15(17,18)10-3-4-12(19-6-10)25-8-11(21)20-13(14(22)23)9-2-1-5-24-7-9/h3-4,6,9,13H,1-2,5,7-8H2,(H,20,21)(H,22,23). The van der Waals surface area contributed by atoms with Gasteiger partial charge in [0.25, 0.3) is 0 Å². The molecule has 0 aromatic carbocycles. The van der Waals surface area contributed by atoms with E-state index in [0.717, 1.165) is 24.2 Å². The molecule has 2 heterocycles. The molecule has 1 aliphatic heterocycles. The minimum absolute atomic E-state index is 0.143. The van der Waals surface area contributed by atoms with Crippen molar-refractivity contribution in [2.24, 2.45) is 5.92 Å². The Bertz CT molecular complexity index is 604. The number of alkyl halides is 3. The van der Waals surface area contributed by atoms with E-state index in [-0.39, 0.29) is 23.3 Å². The van der Waals surface area contributed by atoms with Gasteiger partial charge in [-0.25, -0.2) is 9.78 Å². The lowest BCUT2D eigenvalue weighted by atomic mass is 9.94. The second-order valence-corrected chi connectivity index (χ2v) is 6.53. The van der Waals surface area contributed by atoms with Crippen molar-refractivity contribution in [2.75, 3.05) is 19.0 Å². The highest BCUT2D eigenvalue weighted by molar-refractivity contribution is 7.99. The Kier molecular flexibility index (Phi) is 6.65. The molecule has 10 heteroatoms. The van der Waals surface area contributed by atoms with Gasteiger partial charge in [0.2, 0.25) is 5.91 Å². The van der Waals surface area contributed by atoms with Crippen LogP contribution in [0.25, 0.3) is 0 Å².